The van der Waals surface area contributed by atoms with Crippen molar-refractivity contribution in [2.24, 2.45) is 0 Å². The molecule has 0 saturated carbocycles. The fourth-order valence-electron chi connectivity index (χ4n) is 1.53. The SMILES string of the molecule is Cc1nc(CC(=O)O)nc2ccc(Br)cc12. The molecule has 0 aliphatic carbocycles. The van der Waals surface area contributed by atoms with Crippen molar-refractivity contribution in [2.75, 3.05) is 0 Å². The second-order valence-electron chi connectivity index (χ2n) is 3.46. The highest BCUT2D eigenvalue weighted by Gasteiger charge is 2.08. The van der Waals surface area contributed by atoms with Crippen LogP contribution in [0.5, 0.6) is 0 Å². The van der Waals surface area contributed by atoms with Crippen molar-refractivity contribution in [1.29, 1.82) is 0 Å². The highest BCUT2D eigenvalue weighted by atomic mass is 79.9. The van der Waals surface area contributed by atoms with Gasteiger partial charge in [0.25, 0.3) is 0 Å². The Labute approximate surface area is 100 Å². The van der Waals surface area contributed by atoms with Gasteiger partial charge in [0.05, 0.1) is 5.52 Å². The number of nitrogens with zero attached hydrogens (tertiary/aromatic N) is 2. The van der Waals surface area contributed by atoms with Crippen LogP contribution in [0.4, 0.5) is 0 Å². The molecule has 1 aromatic heterocycles. The summed E-state index contributed by atoms with van der Waals surface area (Å²) in [4.78, 5) is 19.0. The van der Waals surface area contributed by atoms with Gasteiger partial charge in [-0.2, -0.15) is 0 Å². The fraction of sp³-hybridized carbons (Fsp3) is 0.182. The molecule has 0 aliphatic heterocycles. The standard InChI is InChI=1S/C11H9BrN2O2/c1-6-8-4-7(12)2-3-9(8)14-10(13-6)5-11(15)16/h2-4H,5H2,1H3,(H,15,16). The highest BCUT2D eigenvalue weighted by Crippen LogP contribution is 2.20. The molecule has 2 aromatic rings. The van der Waals surface area contributed by atoms with E-state index in [2.05, 4.69) is 25.9 Å². The van der Waals surface area contributed by atoms with Crippen LogP contribution < -0.4 is 0 Å². The second-order valence-corrected chi connectivity index (χ2v) is 4.37. The van der Waals surface area contributed by atoms with Gasteiger partial charge in [-0.05, 0) is 25.1 Å². The van der Waals surface area contributed by atoms with Crippen LogP contribution in [0, 0.1) is 6.92 Å². The lowest BCUT2D eigenvalue weighted by Crippen LogP contribution is -2.06. The van der Waals surface area contributed by atoms with Crippen molar-refractivity contribution in [3.05, 3.63) is 34.2 Å². The van der Waals surface area contributed by atoms with Crippen LogP contribution in [0.2, 0.25) is 0 Å². The number of hydrogen-bond donors (Lipinski definition) is 1. The molecule has 0 saturated heterocycles. The maximum atomic E-state index is 10.6. The number of halogens is 1. The largest absolute Gasteiger partial charge is 0.481 e. The molecule has 82 valence electrons. The molecule has 0 radical (unpaired) electrons. The number of aryl methyl sites for hydroxylation is 1. The molecule has 0 atom stereocenters. The van der Waals surface area contributed by atoms with Crippen molar-refractivity contribution in [2.45, 2.75) is 13.3 Å². The lowest BCUT2D eigenvalue weighted by molar-refractivity contribution is -0.136. The Balaban J connectivity index is 2.59. The minimum Gasteiger partial charge on any atom is -0.481 e. The zero-order valence-electron chi connectivity index (χ0n) is 8.57. The first-order valence-corrected chi connectivity index (χ1v) is 5.50. The van der Waals surface area contributed by atoms with Gasteiger partial charge in [0.15, 0.2) is 0 Å². The maximum Gasteiger partial charge on any atom is 0.311 e. The first-order valence-electron chi connectivity index (χ1n) is 4.71. The minimum atomic E-state index is -0.920. The average molecular weight is 281 g/mol. The van der Waals surface area contributed by atoms with Gasteiger partial charge in [-0.1, -0.05) is 15.9 Å². The molecule has 1 N–H and O–H groups in total. The Morgan fingerprint density at radius 1 is 1.44 bits per heavy atom. The van der Waals surface area contributed by atoms with E-state index in [1.54, 1.807) is 0 Å². The van der Waals surface area contributed by atoms with Gasteiger partial charge in [0.2, 0.25) is 0 Å². The molecule has 16 heavy (non-hydrogen) atoms. The van der Waals surface area contributed by atoms with Gasteiger partial charge in [-0.15, -0.1) is 0 Å². The summed E-state index contributed by atoms with van der Waals surface area (Å²) in [6.07, 6.45) is -0.146. The van der Waals surface area contributed by atoms with Gasteiger partial charge in [-0.25, -0.2) is 9.97 Å². The van der Waals surface area contributed by atoms with Gasteiger partial charge in [0.1, 0.15) is 12.2 Å². The third-order valence-electron chi connectivity index (χ3n) is 2.20. The second kappa shape index (κ2) is 4.17. The first-order chi connectivity index (χ1) is 7.56. The minimum absolute atomic E-state index is 0.146. The van der Waals surface area contributed by atoms with Crippen LogP contribution >= 0.6 is 15.9 Å². The third-order valence-corrected chi connectivity index (χ3v) is 2.70. The molecule has 1 aromatic carbocycles. The van der Waals surface area contributed by atoms with Crippen LogP contribution in [0.3, 0.4) is 0 Å². The van der Waals surface area contributed by atoms with E-state index in [1.165, 1.54) is 0 Å². The molecular formula is C11H9BrN2O2. The molecule has 0 amide bonds. The predicted molar refractivity (Wildman–Crippen MR) is 63.3 cm³/mol. The summed E-state index contributed by atoms with van der Waals surface area (Å²) in [5, 5.41) is 9.62. The zero-order chi connectivity index (χ0) is 11.7. The number of rotatable bonds is 2. The van der Waals surface area contributed by atoms with Crippen molar-refractivity contribution in [1.82, 2.24) is 9.97 Å². The van der Waals surface area contributed by atoms with Crippen LogP contribution in [-0.2, 0) is 11.2 Å². The Hall–Kier alpha value is -1.49. The number of carbonyl (C=O) groups is 1. The maximum absolute atomic E-state index is 10.6. The smallest absolute Gasteiger partial charge is 0.311 e. The number of aliphatic carboxylic acids is 1. The summed E-state index contributed by atoms with van der Waals surface area (Å²) < 4.78 is 0.956. The van der Waals surface area contributed by atoms with Crippen molar-refractivity contribution in [3.8, 4) is 0 Å². The van der Waals surface area contributed by atoms with Crippen LogP contribution in [0.1, 0.15) is 11.5 Å². The van der Waals surface area contributed by atoms with Gasteiger partial charge in [0, 0.05) is 15.6 Å². The normalized spacial score (nSPS) is 10.6. The summed E-state index contributed by atoms with van der Waals surface area (Å²) in [5.41, 5.74) is 1.56. The third kappa shape index (κ3) is 2.19. The molecule has 0 spiro atoms. The summed E-state index contributed by atoms with van der Waals surface area (Å²) in [6, 6.07) is 5.65. The van der Waals surface area contributed by atoms with E-state index in [1.807, 2.05) is 25.1 Å². The summed E-state index contributed by atoms with van der Waals surface area (Å²) in [5.74, 6) is -0.573. The quantitative estimate of drug-likeness (QED) is 0.917. The van der Waals surface area contributed by atoms with Crippen molar-refractivity contribution >= 4 is 32.8 Å². The van der Waals surface area contributed by atoms with Crippen molar-refractivity contribution < 1.29 is 9.90 Å². The van der Waals surface area contributed by atoms with E-state index in [0.717, 1.165) is 21.1 Å². The predicted octanol–water partition coefficient (Wildman–Crippen LogP) is 2.33. The fourth-order valence-corrected chi connectivity index (χ4v) is 1.89. The van der Waals surface area contributed by atoms with E-state index in [4.69, 9.17) is 5.11 Å². The Bertz CT molecular complexity index is 569. The zero-order valence-corrected chi connectivity index (χ0v) is 10.2. The van der Waals surface area contributed by atoms with E-state index in [0.29, 0.717) is 5.82 Å². The number of hydrogen-bond acceptors (Lipinski definition) is 3. The number of aromatic nitrogens is 2. The molecule has 1 heterocycles. The van der Waals surface area contributed by atoms with E-state index < -0.39 is 5.97 Å². The molecule has 0 bridgehead atoms. The molecule has 0 unspecified atom stereocenters. The van der Waals surface area contributed by atoms with Crippen LogP contribution in [0.25, 0.3) is 10.9 Å². The topological polar surface area (TPSA) is 63.1 Å². The Morgan fingerprint density at radius 3 is 2.88 bits per heavy atom. The molecule has 4 nitrogen and oxygen atoms in total. The lowest BCUT2D eigenvalue weighted by Gasteiger charge is -2.04. The molecule has 2 rings (SSSR count). The van der Waals surface area contributed by atoms with Gasteiger partial charge < -0.3 is 5.11 Å². The summed E-state index contributed by atoms with van der Waals surface area (Å²) in [7, 11) is 0. The lowest BCUT2D eigenvalue weighted by atomic mass is 10.2. The summed E-state index contributed by atoms with van der Waals surface area (Å²) in [6.45, 7) is 1.85. The number of fused-ring (bicyclic) bond motifs is 1. The average Bonchev–Trinajstić information content (AvgIpc) is 2.18. The highest BCUT2D eigenvalue weighted by molar-refractivity contribution is 9.10. The number of carboxylic acid groups (broad SMARTS) is 1. The molecule has 0 aliphatic rings. The van der Waals surface area contributed by atoms with E-state index in [-0.39, 0.29) is 6.42 Å². The van der Waals surface area contributed by atoms with Crippen LogP contribution in [0.15, 0.2) is 22.7 Å². The first kappa shape index (κ1) is 11.0. The van der Waals surface area contributed by atoms with Crippen LogP contribution in [-0.4, -0.2) is 21.0 Å². The molecule has 5 heteroatoms. The van der Waals surface area contributed by atoms with Gasteiger partial charge in [-0.3, -0.25) is 4.79 Å². The van der Waals surface area contributed by atoms with Crippen molar-refractivity contribution in [3.63, 3.8) is 0 Å². The molecular weight excluding hydrogens is 272 g/mol. The van der Waals surface area contributed by atoms with E-state index in [9.17, 15) is 4.79 Å². The van der Waals surface area contributed by atoms with Gasteiger partial charge >= 0.3 is 5.97 Å². The Morgan fingerprint density at radius 2 is 2.19 bits per heavy atom. The Kier molecular flexibility index (Phi) is 2.87. The molecule has 0 fully saturated rings. The number of benzene rings is 1. The number of carboxylic acids is 1. The van der Waals surface area contributed by atoms with E-state index >= 15 is 0 Å². The monoisotopic (exact) mass is 280 g/mol. The summed E-state index contributed by atoms with van der Waals surface area (Å²) >= 11 is 3.38.